The highest BCUT2D eigenvalue weighted by molar-refractivity contribution is 9.09. The lowest BCUT2D eigenvalue weighted by Crippen LogP contribution is -2.57. The molecule has 0 radical (unpaired) electrons. The van der Waals surface area contributed by atoms with Gasteiger partial charge in [0, 0.05) is 17.3 Å². The minimum absolute atomic E-state index is 0.386. The number of hydrogen-bond donors (Lipinski definition) is 0. The minimum Gasteiger partial charge on any atom is -0.486 e. The summed E-state index contributed by atoms with van der Waals surface area (Å²) < 4.78 is 7.92. The summed E-state index contributed by atoms with van der Waals surface area (Å²) in [6, 6.07) is 0. The maximum atomic E-state index is 6.12. The fraction of sp³-hybridized carbons (Fsp3) is 0.769. The summed E-state index contributed by atoms with van der Waals surface area (Å²) >= 11 is 3.84. The summed E-state index contributed by atoms with van der Waals surface area (Å²) in [5, 5.41) is 4.16. The van der Waals surface area contributed by atoms with Crippen LogP contribution in [0.2, 0.25) is 0 Å². The van der Waals surface area contributed by atoms with Crippen molar-refractivity contribution < 1.29 is 4.74 Å². The van der Waals surface area contributed by atoms with Crippen molar-refractivity contribution in [3.63, 3.8) is 0 Å². The average molecular weight is 299 g/mol. The summed E-state index contributed by atoms with van der Waals surface area (Å²) in [4.78, 5) is 0.650. The summed E-state index contributed by atoms with van der Waals surface area (Å²) in [5.74, 6) is 0.918. The minimum atomic E-state index is 0.386. The van der Waals surface area contributed by atoms with E-state index in [1.54, 1.807) is 4.68 Å². The summed E-state index contributed by atoms with van der Waals surface area (Å²) in [7, 11) is 1.93. The molecule has 3 nitrogen and oxygen atoms in total. The Morgan fingerprint density at radius 1 is 1.41 bits per heavy atom. The molecule has 1 aromatic rings. The van der Waals surface area contributed by atoms with Crippen LogP contribution in [-0.4, -0.2) is 20.7 Å². The molecule has 2 fully saturated rings. The highest BCUT2D eigenvalue weighted by Crippen LogP contribution is 2.56. The molecule has 94 valence electrons. The molecule has 2 aliphatic carbocycles. The van der Waals surface area contributed by atoms with E-state index >= 15 is 0 Å². The maximum Gasteiger partial charge on any atom is 0.157 e. The van der Waals surface area contributed by atoms with Gasteiger partial charge in [-0.05, 0) is 19.3 Å². The van der Waals surface area contributed by atoms with Crippen molar-refractivity contribution in [1.29, 1.82) is 0 Å². The molecule has 2 atom stereocenters. The van der Waals surface area contributed by atoms with E-state index in [0.29, 0.717) is 16.3 Å². The molecule has 1 spiro atoms. The van der Waals surface area contributed by atoms with Gasteiger partial charge in [-0.25, -0.2) is 0 Å². The summed E-state index contributed by atoms with van der Waals surface area (Å²) in [6.07, 6.45) is 12.0. The number of aryl methyl sites for hydroxylation is 1. The van der Waals surface area contributed by atoms with E-state index in [4.69, 9.17) is 4.74 Å². The lowest BCUT2D eigenvalue weighted by Gasteiger charge is -2.55. The Morgan fingerprint density at radius 3 is 2.76 bits per heavy atom. The van der Waals surface area contributed by atoms with Gasteiger partial charge in [-0.15, -0.1) is 0 Å². The number of ether oxygens (including phenoxy) is 1. The largest absolute Gasteiger partial charge is 0.486 e. The smallest absolute Gasteiger partial charge is 0.157 e. The van der Waals surface area contributed by atoms with E-state index in [2.05, 4.69) is 21.0 Å². The van der Waals surface area contributed by atoms with Crippen LogP contribution in [0.3, 0.4) is 0 Å². The van der Waals surface area contributed by atoms with E-state index in [9.17, 15) is 0 Å². The standard InChI is InChI=1S/C13H19BrN2O/c1-16-9-10(8-15-16)17-12-7-11(14)13(12)5-3-2-4-6-13/h8-9,11-12H,2-7H2,1H3. The van der Waals surface area contributed by atoms with E-state index in [-0.39, 0.29) is 0 Å². The van der Waals surface area contributed by atoms with Gasteiger partial charge in [0.2, 0.25) is 0 Å². The quantitative estimate of drug-likeness (QED) is 0.784. The molecule has 0 amide bonds. The highest BCUT2D eigenvalue weighted by atomic mass is 79.9. The fourth-order valence-electron chi connectivity index (χ4n) is 3.33. The Balaban J connectivity index is 1.71. The molecule has 4 heteroatoms. The molecule has 0 aliphatic heterocycles. The monoisotopic (exact) mass is 298 g/mol. The van der Waals surface area contributed by atoms with Crippen LogP contribution < -0.4 is 4.74 Å². The molecule has 1 heterocycles. The second-order valence-corrected chi connectivity index (χ2v) is 6.56. The van der Waals surface area contributed by atoms with Crippen LogP contribution in [0.15, 0.2) is 12.4 Å². The topological polar surface area (TPSA) is 27.1 Å². The van der Waals surface area contributed by atoms with Gasteiger partial charge in [-0.2, -0.15) is 5.10 Å². The second-order valence-electron chi connectivity index (χ2n) is 5.45. The first-order valence-electron chi connectivity index (χ1n) is 6.50. The Morgan fingerprint density at radius 2 is 2.18 bits per heavy atom. The van der Waals surface area contributed by atoms with Crippen molar-refractivity contribution in [1.82, 2.24) is 9.78 Å². The SMILES string of the molecule is Cn1cc(OC2CC(Br)C23CCCCC3)cn1. The van der Waals surface area contributed by atoms with Crippen molar-refractivity contribution in [2.24, 2.45) is 12.5 Å². The Bertz CT molecular complexity index is 398. The van der Waals surface area contributed by atoms with Crippen molar-refractivity contribution in [3.8, 4) is 5.75 Å². The van der Waals surface area contributed by atoms with Crippen LogP contribution >= 0.6 is 15.9 Å². The summed E-state index contributed by atoms with van der Waals surface area (Å²) in [6.45, 7) is 0. The molecule has 3 rings (SSSR count). The van der Waals surface area contributed by atoms with Crippen molar-refractivity contribution >= 4 is 15.9 Å². The van der Waals surface area contributed by atoms with E-state index in [1.807, 2.05) is 19.4 Å². The zero-order valence-corrected chi connectivity index (χ0v) is 11.8. The van der Waals surface area contributed by atoms with Gasteiger partial charge in [0.1, 0.15) is 6.10 Å². The van der Waals surface area contributed by atoms with Gasteiger partial charge in [0.05, 0.1) is 12.4 Å². The third-order valence-electron chi connectivity index (χ3n) is 4.43. The third-order valence-corrected chi connectivity index (χ3v) is 5.72. The first-order chi connectivity index (χ1) is 8.21. The third kappa shape index (κ3) is 1.90. The molecule has 0 N–H and O–H groups in total. The Labute approximate surface area is 111 Å². The van der Waals surface area contributed by atoms with Gasteiger partial charge in [-0.3, -0.25) is 4.68 Å². The van der Waals surface area contributed by atoms with Crippen LogP contribution in [-0.2, 0) is 7.05 Å². The molecule has 2 saturated carbocycles. The Kier molecular flexibility index (Phi) is 2.93. The van der Waals surface area contributed by atoms with Crippen molar-refractivity contribution in [3.05, 3.63) is 12.4 Å². The molecule has 2 unspecified atom stereocenters. The number of nitrogens with zero attached hydrogens (tertiary/aromatic N) is 2. The van der Waals surface area contributed by atoms with Gasteiger partial charge >= 0.3 is 0 Å². The van der Waals surface area contributed by atoms with Gasteiger partial charge < -0.3 is 4.74 Å². The first kappa shape index (κ1) is 11.6. The predicted octanol–water partition coefficient (Wildman–Crippen LogP) is 3.29. The van der Waals surface area contributed by atoms with Crippen LogP contribution in [0.25, 0.3) is 0 Å². The van der Waals surface area contributed by atoms with Gasteiger partial charge in [0.15, 0.2) is 5.75 Å². The zero-order chi connectivity index (χ0) is 11.9. The van der Waals surface area contributed by atoms with Gasteiger partial charge in [0.25, 0.3) is 0 Å². The van der Waals surface area contributed by atoms with Crippen LogP contribution in [0.4, 0.5) is 0 Å². The fourth-order valence-corrected chi connectivity index (χ4v) is 4.43. The molecule has 17 heavy (non-hydrogen) atoms. The summed E-state index contributed by atoms with van der Waals surface area (Å²) in [5.41, 5.74) is 0.397. The number of rotatable bonds is 2. The lowest BCUT2D eigenvalue weighted by atomic mass is 9.58. The molecule has 0 bridgehead atoms. The predicted molar refractivity (Wildman–Crippen MR) is 70.5 cm³/mol. The van der Waals surface area contributed by atoms with Crippen LogP contribution in [0, 0.1) is 5.41 Å². The normalized spacial score (nSPS) is 31.2. The van der Waals surface area contributed by atoms with E-state index < -0.39 is 0 Å². The molecular weight excluding hydrogens is 280 g/mol. The maximum absolute atomic E-state index is 6.12. The first-order valence-corrected chi connectivity index (χ1v) is 7.42. The lowest BCUT2D eigenvalue weighted by molar-refractivity contribution is -0.0601. The average Bonchev–Trinajstić information content (AvgIpc) is 2.76. The van der Waals surface area contributed by atoms with Crippen molar-refractivity contribution in [2.75, 3.05) is 0 Å². The van der Waals surface area contributed by atoms with E-state index in [0.717, 1.165) is 12.2 Å². The number of hydrogen-bond acceptors (Lipinski definition) is 2. The van der Waals surface area contributed by atoms with Gasteiger partial charge in [-0.1, -0.05) is 35.2 Å². The van der Waals surface area contributed by atoms with Crippen molar-refractivity contribution in [2.45, 2.75) is 49.5 Å². The molecule has 1 aromatic heterocycles. The second kappa shape index (κ2) is 4.30. The number of aromatic nitrogens is 2. The number of alkyl halides is 1. The number of halogens is 1. The van der Waals surface area contributed by atoms with E-state index in [1.165, 1.54) is 32.1 Å². The zero-order valence-electron chi connectivity index (χ0n) is 10.2. The van der Waals surface area contributed by atoms with Crippen LogP contribution in [0.1, 0.15) is 38.5 Å². The molecular formula is C13H19BrN2O. The van der Waals surface area contributed by atoms with Crippen LogP contribution in [0.5, 0.6) is 5.75 Å². The molecule has 2 aliphatic rings. The Hall–Kier alpha value is -0.510. The highest BCUT2D eigenvalue weighted by Gasteiger charge is 2.55. The molecule has 0 saturated heterocycles. The molecule has 0 aromatic carbocycles.